The molecular weight excluding hydrogens is 317 g/mol. The second-order valence-corrected chi connectivity index (χ2v) is 4.55. The molecule has 1 aromatic carbocycles. The van der Waals surface area contributed by atoms with E-state index in [9.17, 15) is 9.59 Å². The fourth-order valence-electron chi connectivity index (χ4n) is 1.24. The van der Waals surface area contributed by atoms with Gasteiger partial charge >= 0.3 is 5.97 Å². The number of rotatable bonds is 5. The highest BCUT2D eigenvalue weighted by molar-refractivity contribution is 6.35. The Morgan fingerprint density at radius 3 is 2.76 bits per heavy atom. The number of esters is 1. The first-order valence-electron chi connectivity index (χ1n) is 5.64. The fraction of sp³-hybridized carbons (Fsp3) is 0.154. The molecule has 0 saturated carbocycles. The van der Waals surface area contributed by atoms with Crippen LogP contribution in [0.2, 0.25) is 10.0 Å². The van der Waals surface area contributed by atoms with Crippen LogP contribution in [0.5, 0.6) is 0 Å². The minimum absolute atomic E-state index is 0.160. The molecular formula is C13H11Cl2N3O3. The van der Waals surface area contributed by atoms with Gasteiger partial charge in [-0.2, -0.15) is 5.26 Å². The highest BCUT2D eigenvalue weighted by atomic mass is 35.5. The minimum atomic E-state index is -0.681. The lowest BCUT2D eigenvalue weighted by molar-refractivity contribution is -0.139. The Morgan fingerprint density at radius 1 is 1.43 bits per heavy atom. The van der Waals surface area contributed by atoms with Gasteiger partial charge in [0.15, 0.2) is 0 Å². The molecule has 0 aliphatic heterocycles. The third-order valence-corrected chi connectivity index (χ3v) is 2.83. The van der Waals surface area contributed by atoms with Crippen molar-refractivity contribution in [3.8, 4) is 6.07 Å². The van der Waals surface area contributed by atoms with Crippen molar-refractivity contribution in [2.45, 2.75) is 0 Å². The Bertz CT molecular complexity index is 624. The van der Waals surface area contributed by atoms with Gasteiger partial charge in [-0.15, -0.1) is 0 Å². The van der Waals surface area contributed by atoms with Crippen molar-refractivity contribution in [1.82, 2.24) is 5.32 Å². The van der Waals surface area contributed by atoms with Gasteiger partial charge in [0, 0.05) is 11.2 Å². The molecule has 0 aromatic heterocycles. The first kappa shape index (κ1) is 16.8. The number of nitriles is 1. The van der Waals surface area contributed by atoms with Crippen LogP contribution in [0.4, 0.5) is 5.69 Å². The summed E-state index contributed by atoms with van der Waals surface area (Å²) >= 11 is 11.7. The summed E-state index contributed by atoms with van der Waals surface area (Å²) in [7, 11) is 1.23. The number of amides is 1. The third kappa shape index (κ3) is 5.34. The molecule has 6 nitrogen and oxygen atoms in total. The second-order valence-electron chi connectivity index (χ2n) is 3.71. The maximum Gasteiger partial charge on any atom is 0.325 e. The van der Waals surface area contributed by atoms with Gasteiger partial charge in [0.05, 0.1) is 17.8 Å². The van der Waals surface area contributed by atoms with Gasteiger partial charge in [-0.3, -0.25) is 9.59 Å². The van der Waals surface area contributed by atoms with E-state index in [1.165, 1.54) is 19.2 Å². The molecule has 0 atom stereocenters. The molecule has 110 valence electrons. The maximum absolute atomic E-state index is 11.9. The van der Waals surface area contributed by atoms with Gasteiger partial charge in [0.2, 0.25) is 0 Å². The topological polar surface area (TPSA) is 91.2 Å². The van der Waals surface area contributed by atoms with E-state index in [1.54, 1.807) is 12.1 Å². The Morgan fingerprint density at radius 2 is 2.14 bits per heavy atom. The van der Waals surface area contributed by atoms with E-state index in [1.807, 2.05) is 0 Å². The molecule has 0 unspecified atom stereocenters. The molecule has 0 fully saturated rings. The van der Waals surface area contributed by atoms with E-state index < -0.39 is 11.9 Å². The molecule has 0 aliphatic carbocycles. The number of carbonyl (C=O) groups is 2. The lowest BCUT2D eigenvalue weighted by Crippen LogP contribution is -2.22. The first-order chi connectivity index (χ1) is 9.97. The van der Waals surface area contributed by atoms with Crippen LogP contribution >= 0.6 is 23.2 Å². The standard InChI is InChI=1S/C13H11Cl2N3O3/c1-21-12(19)7-17-6-8(5-16)13(20)18-11-4-9(14)2-3-10(11)15/h2-4,6,17H,7H2,1H3,(H,18,20)/b8-6-. The van der Waals surface area contributed by atoms with Gasteiger partial charge in [0.1, 0.15) is 18.2 Å². The van der Waals surface area contributed by atoms with E-state index in [0.29, 0.717) is 5.02 Å². The Labute approximate surface area is 131 Å². The third-order valence-electron chi connectivity index (χ3n) is 2.26. The predicted octanol–water partition coefficient (Wildman–Crippen LogP) is 2.10. The molecule has 21 heavy (non-hydrogen) atoms. The number of methoxy groups -OCH3 is 1. The van der Waals surface area contributed by atoms with Crippen molar-refractivity contribution in [3.63, 3.8) is 0 Å². The number of hydrogen-bond acceptors (Lipinski definition) is 5. The minimum Gasteiger partial charge on any atom is -0.468 e. The summed E-state index contributed by atoms with van der Waals surface area (Å²) in [5, 5.41) is 14.6. The molecule has 0 bridgehead atoms. The van der Waals surface area contributed by atoms with Crippen molar-refractivity contribution >= 4 is 40.8 Å². The number of halogens is 2. The van der Waals surface area contributed by atoms with Crippen LogP contribution < -0.4 is 10.6 Å². The van der Waals surface area contributed by atoms with Crippen molar-refractivity contribution in [1.29, 1.82) is 5.26 Å². The molecule has 0 spiro atoms. The summed E-state index contributed by atoms with van der Waals surface area (Å²) in [6, 6.07) is 6.25. The predicted molar refractivity (Wildman–Crippen MR) is 78.8 cm³/mol. The number of hydrogen-bond donors (Lipinski definition) is 2. The Balaban J connectivity index is 2.76. The molecule has 1 amide bonds. The molecule has 8 heteroatoms. The SMILES string of the molecule is COC(=O)CN/C=C(/C#N)C(=O)Nc1cc(Cl)ccc1Cl. The van der Waals surface area contributed by atoms with Crippen LogP contribution in [-0.2, 0) is 14.3 Å². The summed E-state index contributed by atoms with van der Waals surface area (Å²) in [6.07, 6.45) is 1.12. The number of anilines is 1. The van der Waals surface area contributed by atoms with Crippen LogP contribution in [0.1, 0.15) is 0 Å². The van der Waals surface area contributed by atoms with Crippen molar-refractivity contribution in [3.05, 3.63) is 40.0 Å². The molecule has 0 aliphatic rings. The summed E-state index contributed by atoms with van der Waals surface area (Å²) in [4.78, 5) is 22.8. The van der Waals surface area contributed by atoms with Crippen molar-refractivity contribution in [2.24, 2.45) is 0 Å². The Kier molecular flexibility index (Phi) is 6.53. The van der Waals surface area contributed by atoms with Crippen LogP contribution in [0, 0.1) is 11.3 Å². The summed E-state index contributed by atoms with van der Waals surface area (Å²) in [5.74, 6) is -1.21. The highest BCUT2D eigenvalue weighted by Crippen LogP contribution is 2.25. The number of ether oxygens (including phenoxy) is 1. The number of benzene rings is 1. The van der Waals surface area contributed by atoms with Gasteiger partial charge in [-0.05, 0) is 18.2 Å². The fourth-order valence-corrected chi connectivity index (χ4v) is 1.58. The first-order valence-corrected chi connectivity index (χ1v) is 6.40. The number of nitrogens with zero attached hydrogens (tertiary/aromatic N) is 1. The Hall–Kier alpha value is -2.23. The van der Waals surface area contributed by atoms with Gasteiger partial charge < -0.3 is 15.4 Å². The second kappa shape index (κ2) is 8.15. The van der Waals surface area contributed by atoms with E-state index in [0.717, 1.165) is 6.20 Å². The normalized spacial score (nSPS) is 10.5. The van der Waals surface area contributed by atoms with Crippen LogP contribution in [0.3, 0.4) is 0 Å². The van der Waals surface area contributed by atoms with E-state index in [2.05, 4.69) is 15.4 Å². The summed E-state index contributed by atoms with van der Waals surface area (Å²) in [6.45, 7) is -0.160. The average Bonchev–Trinajstić information content (AvgIpc) is 2.47. The molecule has 1 rings (SSSR count). The quantitative estimate of drug-likeness (QED) is 0.491. The van der Waals surface area contributed by atoms with Crippen LogP contribution in [0.25, 0.3) is 0 Å². The lowest BCUT2D eigenvalue weighted by atomic mass is 10.2. The maximum atomic E-state index is 11.9. The average molecular weight is 328 g/mol. The number of nitrogens with one attached hydrogen (secondary N) is 2. The molecule has 0 saturated heterocycles. The smallest absolute Gasteiger partial charge is 0.325 e. The molecule has 2 N–H and O–H groups in total. The zero-order chi connectivity index (χ0) is 15.8. The van der Waals surface area contributed by atoms with E-state index in [-0.39, 0.29) is 22.8 Å². The zero-order valence-electron chi connectivity index (χ0n) is 10.9. The van der Waals surface area contributed by atoms with E-state index in [4.69, 9.17) is 28.5 Å². The van der Waals surface area contributed by atoms with Crippen molar-refractivity contribution in [2.75, 3.05) is 19.0 Å². The van der Waals surface area contributed by atoms with Gasteiger partial charge in [-0.25, -0.2) is 0 Å². The largest absolute Gasteiger partial charge is 0.468 e. The lowest BCUT2D eigenvalue weighted by Gasteiger charge is -2.07. The van der Waals surface area contributed by atoms with E-state index >= 15 is 0 Å². The monoisotopic (exact) mass is 327 g/mol. The van der Waals surface area contributed by atoms with Gasteiger partial charge in [-0.1, -0.05) is 23.2 Å². The molecule has 1 aromatic rings. The number of carbonyl (C=O) groups excluding carboxylic acids is 2. The summed E-state index contributed by atoms with van der Waals surface area (Å²) in [5.41, 5.74) is 0.0539. The van der Waals surface area contributed by atoms with Crippen LogP contribution in [0.15, 0.2) is 30.0 Å². The van der Waals surface area contributed by atoms with Crippen molar-refractivity contribution < 1.29 is 14.3 Å². The van der Waals surface area contributed by atoms with Gasteiger partial charge in [0.25, 0.3) is 5.91 Å². The molecule has 0 heterocycles. The zero-order valence-corrected chi connectivity index (χ0v) is 12.5. The molecule has 0 radical (unpaired) electrons. The van der Waals surface area contributed by atoms with Crippen LogP contribution in [-0.4, -0.2) is 25.5 Å². The summed E-state index contributed by atoms with van der Waals surface area (Å²) < 4.78 is 4.40. The highest BCUT2D eigenvalue weighted by Gasteiger charge is 2.12.